The lowest BCUT2D eigenvalue weighted by Crippen LogP contribution is -2.14. The number of nitriles is 1. The second-order valence-corrected chi connectivity index (χ2v) is 8.45. The fourth-order valence-corrected chi connectivity index (χ4v) is 4.24. The molecule has 1 N–H and O–H groups in total. The van der Waals surface area contributed by atoms with Gasteiger partial charge in [-0.1, -0.05) is 11.3 Å². The smallest absolute Gasteiger partial charge is 0.416 e. The van der Waals surface area contributed by atoms with Gasteiger partial charge in [-0.25, -0.2) is 8.42 Å². The molecule has 3 aromatic rings. The molecule has 1 heterocycles. The summed E-state index contributed by atoms with van der Waals surface area (Å²) in [4.78, 5) is -0.512. The van der Waals surface area contributed by atoms with Crippen LogP contribution in [0.4, 0.5) is 31.5 Å². The molecule has 0 saturated heterocycles. The summed E-state index contributed by atoms with van der Waals surface area (Å²) in [6, 6.07) is 4.97. The Morgan fingerprint density at radius 2 is 1.59 bits per heavy atom. The highest BCUT2D eigenvalue weighted by Gasteiger charge is 2.37. The molecule has 0 amide bonds. The molecule has 0 aliphatic carbocycles. The molecule has 0 radical (unpaired) electrons. The lowest BCUT2D eigenvalue weighted by molar-refractivity contribution is -0.143. The summed E-state index contributed by atoms with van der Waals surface area (Å²) in [6.07, 6.45) is -10.2. The van der Waals surface area contributed by atoms with Gasteiger partial charge in [0, 0.05) is 0 Å². The molecule has 0 unspecified atom stereocenters. The molecule has 0 saturated carbocycles. The lowest BCUT2D eigenvalue weighted by Gasteiger charge is -2.15. The van der Waals surface area contributed by atoms with Crippen molar-refractivity contribution in [2.75, 3.05) is 4.72 Å². The number of benzene rings is 2. The maximum atomic E-state index is 13.0. The van der Waals surface area contributed by atoms with E-state index >= 15 is 0 Å². The Kier molecular flexibility index (Phi) is 6.03. The topological polar surface area (TPSA) is 105 Å². The zero-order chi connectivity index (χ0) is 23.7. The minimum absolute atomic E-state index is 0.0671. The third-order valence-electron chi connectivity index (χ3n) is 3.74. The van der Waals surface area contributed by atoms with Crippen molar-refractivity contribution in [2.24, 2.45) is 0 Å². The van der Waals surface area contributed by atoms with Gasteiger partial charge in [-0.05, 0) is 36.4 Å². The van der Waals surface area contributed by atoms with E-state index in [-0.39, 0.29) is 16.9 Å². The number of hydrogen-bond acceptors (Lipinski definition) is 7. The second-order valence-electron chi connectivity index (χ2n) is 5.96. The first-order valence-corrected chi connectivity index (χ1v) is 10.5. The normalized spacial score (nSPS) is 12.3. The molecule has 15 heteroatoms. The standard InChI is InChI=1S/C17H8F6N4O3S2/c18-16(19,20)10-4-11(17(21,22)23)6-13(5-10)30-12-1-2-14(9(3-12)7-24)32(28,29)27-15-26-25-8-31-15/h1-6,8H,(H,26,27). The van der Waals surface area contributed by atoms with E-state index in [2.05, 4.69) is 14.9 Å². The molecule has 7 nitrogen and oxygen atoms in total. The highest BCUT2D eigenvalue weighted by atomic mass is 32.2. The molecule has 0 aliphatic heterocycles. The molecule has 168 valence electrons. The van der Waals surface area contributed by atoms with Crippen molar-refractivity contribution in [1.82, 2.24) is 10.2 Å². The third-order valence-corrected chi connectivity index (χ3v) is 5.87. The minimum Gasteiger partial charge on any atom is -0.457 e. The molecule has 0 fully saturated rings. The van der Waals surface area contributed by atoms with Gasteiger partial charge in [-0.3, -0.25) is 4.72 Å². The molecule has 3 rings (SSSR count). The van der Waals surface area contributed by atoms with Crippen LogP contribution in [-0.2, 0) is 22.4 Å². The van der Waals surface area contributed by atoms with Crippen LogP contribution in [0.15, 0.2) is 46.8 Å². The Morgan fingerprint density at radius 3 is 2.09 bits per heavy atom. The Labute approximate surface area is 179 Å². The zero-order valence-corrected chi connectivity index (χ0v) is 16.8. The Bertz CT molecular complexity index is 1250. The molecule has 0 aliphatic rings. The van der Waals surface area contributed by atoms with Gasteiger partial charge in [-0.2, -0.15) is 31.6 Å². The van der Waals surface area contributed by atoms with Crippen LogP contribution in [0.3, 0.4) is 0 Å². The summed E-state index contributed by atoms with van der Waals surface area (Å²) < 4.78 is 110. The van der Waals surface area contributed by atoms with E-state index < -0.39 is 49.7 Å². The van der Waals surface area contributed by atoms with Crippen LogP contribution in [0.5, 0.6) is 11.5 Å². The fourth-order valence-electron chi connectivity index (χ4n) is 2.40. The van der Waals surface area contributed by atoms with Crippen LogP contribution >= 0.6 is 11.3 Å². The van der Waals surface area contributed by atoms with Gasteiger partial charge in [0.2, 0.25) is 5.13 Å². The van der Waals surface area contributed by atoms with Gasteiger partial charge < -0.3 is 4.74 Å². The minimum atomic E-state index is -5.08. The van der Waals surface area contributed by atoms with E-state index in [1.807, 2.05) is 0 Å². The average Bonchev–Trinajstić information content (AvgIpc) is 3.18. The first kappa shape index (κ1) is 23.3. The molecular weight excluding hydrogens is 486 g/mol. The Balaban J connectivity index is 1.98. The molecule has 32 heavy (non-hydrogen) atoms. The van der Waals surface area contributed by atoms with Crippen LogP contribution in [0.1, 0.15) is 16.7 Å². The van der Waals surface area contributed by atoms with Gasteiger partial charge in [0.25, 0.3) is 10.0 Å². The highest BCUT2D eigenvalue weighted by Crippen LogP contribution is 2.39. The van der Waals surface area contributed by atoms with Gasteiger partial charge in [0.05, 0.1) is 16.7 Å². The first-order chi connectivity index (χ1) is 14.8. The number of alkyl halides is 6. The molecular formula is C17H8F6N4O3S2. The zero-order valence-electron chi connectivity index (χ0n) is 15.2. The summed E-state index contributed by atoms with van der Waals surface area (Å²) in [5.41, 5.74) is -2.40. The van der Waals surface area contributed by atoms with Gasteiger partial charge in [0.1, 0.15) is 28.0 Å². The monoisotopic (exact) mass is 494 g/mol. The predicted octanol–water partition coefficient (Wildman–Crippen LogP) is 5.04. The molecule has 0 atom stereocenters. The van der Waals surface area contributed by atoms with Gasteiger partial charge in [0.15, 0.2) is 0 Å². The van der Waals surface area contributed by atoms with E-state index in [0.717, 1.165) is 29.5 Å². The number of hydrogen-bond donors (Lipinski definition) is 1. The Morgan fingerprint density at radius 1 is 0.969 bits per heavy atom. The van der Waals surface area contributed by atoms with Crippen LogP contribution in [0.25, 0.3) is 0 Å². The van der Waals surface area contributed by atoms with Crippen molar-refractivity contribution >= 4 is 26.5 Å². The quantitative estimate of drug-likeness (QED) is 0.499. The number of halogens is 6. The molecule has 2 aromatic carbocycles. The number of sulfonamides is 1. The second kappa shape index (κ2) is 8.28. The summed E-state index contributed by atoms with van der Waals surface area (Å²) >= 11 is 0.866. The summed E-state index contributed by atoms with van der Waals surface area (Å²) in [5, 5.41) is 16.1. The van der Waals surface area contributed by atoms with Crippen molar-refractivity contribution in [2.45, 2.75) is 17.2 Å². The average molecular weight is 494 g/mol. The van der Waals surface area contributed by atoms with Crippen molar-refractivity contribution < 1.29 is 39.5 Å². The fraction of sp³-hybridized carbons (Fsp3) is 0.118. The van der Waals surface area contributed by atoms with E-state index in [9.17, 15) is 40.0 Å². The van der Waals surface area contributed by atoms with E-state index in [1.165, 1.54) is 5.51 Å². The van der Waals surface area contributed by atoms with E-state index in [4.69, 9.17) is 4.74 Å². The number of nitrogens with one attached hydrogen (secondary N) is 1. The van der Waals surface area contributed by atoms with Crippen LogP contribution < -0.4 is 9.46 Å². The lowest BCUT2D eigenvalue weighted by atomic mass is 10.1. The number of ether oxygens (including phenoxy) is 1. The maximum Gasteiger partial charge on any atom is 0.416 e. The largest absolute Gasteiger partial charge is 0.457 e. The maximum absolute atomic E-state index is 13.0. The third kappa shape index (κ3) is 5.26. The highest BCUT2D eigenvalue weighted by molar-refractivity contribution is 7.93. The molecule has 0 spiro atoms. The summed E-state index contributed by atoms with van der Waals surface area (Å²) in [6.45, 7) is 0. The first-order valence-electron chi connectivity index (χ1n) is 8.10. The van der Waals surface area contributed by atoms with Crippen molar-refractivity contribution in [3.63, 3.8) is 0 Å². The van der Waals surface area contributed by atoms with Crippen LogP contribution in [0.2, 0.25) is 0 Å². The van der Waals surface area contributed by atoms with Crippen molar-refractivity contribution in [1.29, 1.82) is 5.26 Å². The molecule has 1 aromatic heterocycles. The number of aromatic nitrogens is 2. The molecule has 0 bridgehead atoms. The number of nitrogens with zero attached hydrogens (tertiary/aromatic N) is 3. The Hall–Kier alpha value is -3.38. The van der Waals surface area contributed by atoms with Gasteiger partial charge >= 0.3 is 12.4 Å². The van der Waals surface area contributed by atoms with Crippen molar-refractivity contribution in [3.8, 4) is 17.6 Å². The number of rotatable bonds is 5. The van der Waals surface area contributed by atoms with Crippen LogP contribution in [0, 0.1) is 11.3 Å². The number of anilines is 1. The van der Waals surface area contributed by atoms with E-state index in [1.54, 1.807) is 6.07 Å². The summed E-state index contributed by atoms with van der Waals surface area (Å²) in [5.74, 6) is -1.16. The van der Waals surface area contributed by atoms with Gasteiger partial charge in [-0.15, -0.1) is 10.2 Å². The SMILES string of the molecule is N#Cc1cc(Oc2cc(C(F)(F)F)cc(C(F)(F)F)c2)ccc1S(=O)(=O)Nc1nncs1. The summed E-state index contributed by atoms with van der Waals surface area (Å²) in [7, 11) is -4.29. The predicted molar refractivity (Wildman–Crippen MR) is 98.4 cm³/mol. The van der Waals surface area contributed by atoms with Crippen molar-refractivity contribution in [3.05, 3.63) is 58.6 Å². The van der Waals surface area contributed by atoms with Crippen LogP contribution in [-0.4, -0.2) is 18.6 Å². The van der Waals surface area contributed by atoms with E-state index in [0.29, 0.717) is 12.1 Å².